The van der Waals surface area contributed by atoms with Gasteiger partial charge in [0.15, 0.2) is 5.82 Å². The Balaban J connectivity index is 2.29. The van der Waals surface area contributed by atoms with E-state index in [1.165, 1.54) is 11.4 Å². The van der Waals surface area contributed by atoms with E-state index in [1.807, 2.05) is 0 Å². The average Bonchev–Trinajstić information content (AvgIpc) is 2.79. The summed E-state index contributed by atoms with van der Waals surface area (Å²) in [6.07, 6.45) is 1.78. The summed E-state index contributed by atoms with van der Waals surface area (Å²) in [5, 5.41) is 8.07. The maximum atomic E-state index is 4.14. The van der Waals surface area contributed by atoms with Crippen molar-refractivity contribution in [3.63, 3.8) is 0 Å². The van der Waals surface area contributed by atoms with Crippen LogP contribution in [0.1, 0.15) is 24.1 Å². The molecule has 80 valence electrons. The molecule has 2 heterocycles. The number of hydrogen-bond acceptors (Lipinski definition) is 2. The van der Waals surface area contributed by atoms with E-state index in [0.29, 0.717) is 0 Å². The summed E-state index contributed by atoms with van der Waals surface area (Å²) in [7, 11) is 0. The molecular formula is C11H16N4. The third-order valence-electron chi connectivity index (χ3n) is 2.75. The first-order chi connectivity index (χ1) is 7.22. The highest BCUT2D eigenvalue weighted by molar-refractivity contribution is 5.14. The lowest BCUT2D eigenvalue weighted by Gasteiger charge is -2.09. The van der Waals surface area contributed by atoms with Gasteiger partial charge in [-0.05, 0) is 32.9 Å². The summed E-state index contributed by atoms with van der Waals surface area (Å²) in [4.78, 5) is 0. The van der Waals surface area contributed by atoms with Crippen LogP contribution in [0.4, 0.5) is 0 Å². The molecule has 0 radical (unpaired) electrons. The van der Waals surface area contributed by atoms with Crippen molar-refractivity contribution in [2.75, 3.05) is 0 Å². The second-order valence-electron chi connectivity index (χ2n) is 3.74. The Morgan fingerprint density at radius 2 is 1.87 bits per heavy atom. The molecule has 0 unspecified atom stereocenters. The molecule has 2 aromatic heterocycles. The third kappa shape index (κ3) is 1.79. The highest BCUT2D eigenvalue weighted by Gasteiger charge is 2.06. The Labute approximate surface area is 89.6 Å². The van der Waals surface area contributed by atoms with Crippen LogP contribution in [0.15, 0.2) is 18.5 Å². The minimum atomic E-state index is 0.804. The second-order valence-corrected chi connectivity index (χ2v) is 3.74. The predicted molar refractivity (Wildman–Crippen MR) is 58.7 cm³/mol. The molecule has 0 aliphatic heterocycles. The van der Waals surface area contributed by atoms with Crippen LogP contribution in [0.5, 0.6) is 0 Å². The fourth-order valence-electron chi connectivity index (χ4n) is 1.76. The standard InChI is InChI=1S/C11H16N4/c1-4-14-8-12-13-11(14)7-15-9(2)5-6-10(15)3/h5-6,8H,4,7H2,1-3H3. The van der Waals surface area contributed by atoms with Gasteiger partial charge in [0.2, 0.25) is 0 Å². The molecule has 0 bridgehead atoms. The zero-order valence-corrected chi connectivity index (χ0v) is 9.44. The van der Waals surface area contributed by atoms with E-state index in [4.69, 9.17) is 0 Å². The largest absolute Gasteiger partial charge is 0.342 e. The van der Waals surface area contributed by atoms with Gasteiger partial charge >= 0.3 is 0 Å². The van der Waals surface area contributed by atoms with Crippen LogP contribution in [0.25, 0.3) is 0 Å². The maximum Gasteiger partial charge on any atom is 0.152 e. The van der Waals surface area contributed by atoms with Crippen molar-refractivity contribution in [3.8, 4) is 0 Å². The van der Waals surface area contributed by atoms with Crippen LogP contribution in [-0.2, 0) is 13.1 Å². The summed E-state index contributed by atoms with van der Waals surface area (Å²) in [6.45, 7) is 8.04. The van der Waals surface area contributed by atoms with Crippen LogP contribution in [0, 0.1) is 13.8 Å². The SMILES string of the molecule is CCn1cnnc1Cn1c(C)ccc1C. The minimum absolute atomic E-state index is 0.804. The molecule has 0 fully saturated rings. The van der Waals surface area contributed by atoms with Gasteiger partial charge in [-0.3, -0.25) is 0 Å². The lowest BCUT2D eigenvalue weighted by molar-refractivity contribution is 0.636. The van der Waals surface area contributed by atoms with Gasteiger partial charge in [0, 0.05) is 17.9 Å². The van der Waals surface area contributed by atoms with Gasteiger partial charge in [0.25, 0.3) is 0 Å². The summed E-state index contributed by atoms with van der Waals surface area (Å²) in [6, 6.07) is 4.25. The van der Waals surface area contributed by atoms with Crippen molar-refractivity contribution in [2.24, 2.45) is 0 Å². The van der Waals surface area contributed by atoms with Gasteiger partial charge in [-0.25, -0.2) is 0 Å². The molecular weight excluding hydrogens is 188 g/mol. The fraction of sp³-hybridized carbons (Fsp3) is 0.455. The lowest BCUT2D eigenvalue weighted by Crippen LogP contribution is -2.09. The van der Waals surface area contributed by atoms with Gasteiger partial charge in [-0.1, -0.05) is 0 Å². The highest BCUT2D eigenvalue weighted by atomic mass is 15.3. The number of hydrogen-bond donors (Lipinski definition) is 0. The molecule has 0 spiro atoms. The van der Waals surface area contributed by atoms with E-state index in [1.54, 1.807) is 6.33 Å². The molecule has 0 amide bonds. The molecule has 0 aliphatic carbocycles. The number of nitrogens with zero attached hydrogens (tertiary/aromatic N) is 4. The summed E-state index contributed by atoms with van der Waals surface area (Å²) in [5.41, 5.74) is 2.52. The molecule has 0 N–H and O–H groups in total. The summed E-state index contributed by atoms with van der Waals surface area (Å²) in [5.74, 6) is 1.01. The van der Waals surface area contributed by atoms with Crippen LogP contribution in [-0.4, -0.2) is 19.3 Å². The molecule has 0 aliphatic rings. The highest BCUT2D eigenvalue weighted by Crippen LogP contribution is 2.09. The zero-order valence-electron chi connectivity index (χ0n) is 9.44. The van der Waals surface area contributed by atoms with Crippen LogP contribution >= 0.6 is 0 Å². The first-order valence-corrected chi connectivity index (χ1v) is 5.21. The molecule has 2 rings (SSSR count). The van der Waals surface area contributed by atoms with E-state index in [9.17, 15) is 0 Å². The normalized spacial score (nSPS) is 10.9. The van der Waals surface area contributed by atoms with Gasteiger partial charge in [-0.15, -0.1) is 10.2 Å². The smallest absolute Gasteiger partial charge is 0.152 e. The molecule has 4 nitrogen and oxygen atoms in total. The van der Waals surface area contributed by atoms with Gasteiger partial charge in [-0.2, -0.15) is 0 Å². The topological polar surface area (TPSA) is 35.6 Å². The van der Waals surface area contributed by atoms with Gasteiger partial charge in [0.1, 0.15) is 6.33 Å². The average molecular weight is 204 g/mol. The minimum Gasteiger partial charge on any atom is -0.342 e. The molecule has 2 aromatic rings. The number of aromatic nitrogens is 4. The van der Waals surface area contributed by atoms with Crippen molar-refractivity contribution >= 4 is 0 Å². The molecule has 0 saturated heterocycles. The van der Waals surface area contributed by atoms with Gasteiger partial charge in [0.05, 0.1) is 6.54 Å². The molecule has 0 atom stereocenters. The van der Waals surface area contributed by atoms with Crippen LogP contribution in [0.2, 0.25) is 0 Å². The Morgan fingerprint density at radius 3 is 2.47 bits per heavy atom. The Hall–Kier alpha value is -1.58. The predicted octanol–water partition coefficient (Wildman–Crippen LogP) is 1.76. The zero-order chi connectivity index (χ0) is 10.8. The van der Waals surface area contributed by atoms with Gasteiger partial charge < -0.3 is 9.13 Å². The van der Waals surface area contributed by atoms with Crippen molar-refractivity contribution in [1.82, 2.24) is 19.3 Å². The monoisotopic (exact) mass is 204 g/mol. The quantitative estimate of drug-likeness (QED) is 0.763. The van der Waals surface area contributed by atoms with Crippen LogP contribution in [0.3, 0.4) is 0 Å². The van der Waals surface area contributed by atoms with E-state index >= 15 is 0 Å². The summed E-state index contributed by atoms with van der Waals surface area (Å²) >= 11 is 0. The van der Waals surface area contributed by atoms with Crippen molar-refractivity contribution in [2.45, 2.75) is 33.9 Å². The lowest BCUT2D eigenvalue weighted by atomic mass is 10.4. The summed E-state index contributed by atoms with van der Waals surface area (Å²) < 4.78 is 4.31. The van der Waals surface area contributed by atoms with E-state index in [-0.39, 0.29) is 0 Å². The second kappa shape index (κ2) is 3.88. The fourth-order valence-corrected chi connectivity index (χ4v) is 1.76. The molecule has 0 aromatic carbocycles. The molecule has 15 heavy (non-hydrogen) atoms. The van der Waals surface area contributed by atoms with Crippen molar-refractivity contribution in [3.05, 3.63) is 35.7 Å². The van der Waals surface area contributed by atoms with Crippen molar-refractivity contribution in [1.29, 1.82) is 0 Å². The first kappa shape index (κ1) is 9.96. The maximum absolute atomic E-state index is 4.14. The number of aryl methyl sites for hydroxylation is 3. The Morgan fingerprint density at radius 1 is 1.20 bits per heavy atom. The van der Waals surface area contributed by atoms with E-state index in [0.717, 1.165) is 18.9 Å². The number of rotatable bonds is 3. The van der Waals surface area contributed by atoms with E-state index in [2.05, 4.69) is 52.2 Å². The first-order valence-electron chi connectivity index (χ1n) is 5.21. The third-order valence-corrected chi connectivity index (χ3v) is 2.75. The Kier molecular flexibility index (Phi) is 2.58. The molecule has 4 heteroatoms. The van der Waals surface area contributed by atoms with E-state index < -0.39 is 0 Å². The molecule has 0 saturated carbocycles. The Bertz CT molecular complexity index is 433. The van der Waals surface area contributed by atoms with Crippen LogP contribution < -0.4 is 0 Å². The van der Waals surface area contributed by atoms with Crippen molar-refractivity contribution < 1.29 is 0 Å².